The SMILES string of the molecule is COc1cc2c(cc1-c1nccn1CCN1CCNC1=O)OCCCO2. The van der Waals surface area contributed by atoms with E-state index >= 15 is 0 Å². The van der Waals surface area contributed by atoms with Crippen molar-refractivity contribution in [2.24, 2.45) is 0 Å². The quantitative estimate of drug-likeness (QED) is 0.881. The maximum atomic E-state index is 11.7. The summed E-state index contributed by atoms with van der Waals surface area (Å²) in [5.74, 6) is 2.85. The molecule has 2 amide bonds. The first-order chi connectivity index (χ1) is 12.8. The van der Waals surface area contributed by atoms with Crippen molar-refractivity contribution in [1.29, 1.82) is 0 Å². The van der Waals surface area contributed by atoms with E-state index < -0.39 is 0 Å². The number of nitrogens with zero attached hydrogens (tertiary/aromatic N) is 3. The van der Waals surface area contributed by atoms with Crippen LogP contribution in [0.25, 0.3) is 11.4 Å². The van der Waals surface area contributed by atoms with E-state index in [0.29, 0.717) is 50.1 Å². The minimum Gasteiger partial charge on any atom is -0.496 e. The Kier molecular flexibility index (Phi) is 4.55. The fourth-order valence-corrected chi connectivity index (χ4v) is 3.22. The average molecular weight is 358 g/mol. The van der Waals surface area contributed by atoms with Crippen molar-refractivity contribution < 1.29 is 19.0 Å². The highest BCUT2D eigenvalue weighted by Crippen LogP contribution is 2.40. The normalized spacial score (nSPS) is 16.3. The van der Waals surface area contributed by atoms with Gasteiger partial charge < -0.3 is 29.0 Å². The number of nitrogens with one attached hydrogen (secondary N) is 1. The molecule has 4 rings (SSSR count). The van der Waals surface area contributed by atoms with Gasteiger partial charge in [-0.3, -0.25) is 0 Å². The lowest BCUT2D eigenvalue weighted by molar-refractivity contribution is 0.215. The van der Waals surface area contributed by atoms with Crippen LogP contribution in [0.3, 0.4) is 0 Å². The van der Waals surface area contributed by atoms with Crippen molar-refractivity contribution in [1.82, 2.24) is 19.8 Å². The third kappa shape index (κ3) is 3.14. The Morgan fingerprint density at radius 2 is 2.04 bits per heavy atom. The monoisotopic (exact) mass is 358 g/mol. The van der Waals surface area contributed by atoms with Gasteiger partial charge >= 0.3 is 6.03 Å². The van der Waals surface area contributed by atoms with E-state index in [1.165, 1.54) is 0 Å². The summed E-state index contributed by atoms with van der Waals surface area (Å²) < 4.78 is 19.1. The second-order valence-corrected chi connectivity index (χ2v) is 6.21. The van der Waals surface area contributed by atoms with Crippen LogP contribution < -0.4 is 19.5 Å². The smallest absolute Gasteiger partial charge is 0.317 e. The molecule has 1 aromatic carbocycles. The summed E-state index contributed by atoms with van der Waals surface area (Å²) in [7, 11) is 1.63. The van der Waals surface area contributed by atoms with Crippen LogP contribution in [0.5, 0.6) is 17.2 Å². The van der Waals surface area contributed by atoms with Crippen molar-refractivity contribution in [2.75, 3.05) is 40.0 Å². The first kappa shape index (κ1) is 16.6. The van der Waals surface area contributed by atoms with Crippen molar-refractivity contribution >= 4 is 6.03 Å². The Balaban J connectivity index is 1.62. The molecule has 1 saturated heterocycles. The largest absolute Gasteiger partial charge is 0.496 e. The number of imidazole rings is 1. The van der Waals surface area contributed by atoms with Crippen molar-refractivity contribution in [3.05, 3.63) is 24.5 Å². The zero-order chi connectivity index (χ0) is 17.9. The lowest BCUT2D eigenvalue weighted by Gasteiger charge is -2.17. The Hall–Kier alpha value is -2.90. The number of rotatable bonds is 5. The summed E-state index contributed by atoms with van der Waals surface area (Å²) in [5.41, 5.74) is 0.840. The van der Waals surface area contributed by atoms with Gasteiger partial charge in [0.05, 0.1) is 25.9 Å². The Morgan fingerprint density at radius 1 is 1.23 bits per heavy atom. The van der Waals surface area contributed by atoms with Crippen molar-refractivity contribution in [3.63, 3.8) is 0 Å². The maximum Gasteiger partial charge on any atom is 0.317 e. The highest BCUT2D eigenvalue weighted by Gasteiger charge is 2.21. The van der Waals surface area contributed by atoms with E-state index in [1.807, 2.05) is 22.9 Å². The van der Waals surface area contributed by atoms with Crippen LogP contribution in [0.1, 0.15) is 6.42 Å². The summed E-state index contributed by atoms with van der Waals surface area (Å²) in [6.45, 7) is 3.96. The summed E-state index contributed by atoms with van der Waals surface area (Å²) in [5, 5.41) is 2.82. The second-order valence-electron chi connectivity index (χ2n) is 6.21. The summed E-state index contributed by atoms with van der Waals surface area (Å²) >= 11 is 0. The van der Waals surface area contributed by atoms with Gasteiger partial charge in [-0.1, -0.05) is 0 Å². The molecular formula is C18H22N4O4. The molecule has 0 bridgehead atoms. The fraction of sp³-hybridized carbons (Fsp3) is 0.444. The van der Waals surface area contributed by atoms with Crippen LogP contribution in [0, 0.1) is 0 Å². The molecule has 0 aliphatic carbocycles. The number of ether oxygens (including phenoxy) is 3. The molecule has 3 heterocycles. The van der Waals surface area contributed by atoms with Crippen molar-refractivity contribution in [3.8, 4) is 28.6 Å². The average Bonchev–Trinajstić information content (AvgIpc) is 3.21. The second kappa shape index (κ2) is 7.15. The number of urea groups is 1. The van der Waals surface area contributed by atoms with E-state index in [2.05, 4.69) is 10.3 Å². The zero-order valence-electron chi connectivity index (χ0n) is 14.7. The molecule has 0 unspecified atom stereocenters. The molecule has 0 saturated carbocycles. The van der Waals surface area contributed by atoms with Gasteiger partial charge in [0.2, 0.25) is 0 Å². The molecule has 2 aromatic rings. The number of carbonyl (C=O) groups excluding carboxylic acids is 1. The molecule has 1 aromatic heterocycles. The number of amides is 2. The molecule has 0 radical (unpaired) electrons. The van der Waals surface area contributed by atoms with E-state index in [4.69, 9.17) is 14.2 Å². The van der Waals surface area contributed by atoms with Crippen LogP contribution in [0.2, 0.25) is 0 Å². The van der Waals surface area contributed by atoms with Crippen LogP contribution in [0.15, 0.2) is 24.5 Å². The predicted octanol–water partition coefficient (Wildman–Crippen LogP) is 1.75. The zero-order valence-corrected chi connectivity index (χ0v) is 14.7. The number of fused-ring (bicyclic) bond motifs is 1. The maximum absolute atomic E-state index is 11.7. The van der Waals surface area contributed by atoms with Gasteiger partial charge in [-0.05, 0) is 6.07 Å². The molecule has 1 N–H and O–H groups in total. The van der Waals surface area contributed by atoms with E-state index in [0.717, 1.165) is 24.4 Å². The summed E-state index contributed by atoms with van der Waals surface area (Å²) in [6.07, 6.45) is 4.51. The third-order valence-electron chi connectivity index (χ3n) is 4.58. The lowest BCUT2D eigenvalue weighted by Crippen LogP contribution is -2.31. The Labute approximate surface area is 151 Å². The summed E-state index contributed by atoms with van der Waals surface area (Å²) in [4.78, 5) is 18.0. The predicted molar refractivity (Wildman–Crippen MR) is 94.8 cm³/mol. The van der Waals surface area contributed by atoms with Gasteiger partial charge in [-0.15, -0.1) is 0 Å². The minimum absolute atomic E-state index is 0.0141. The Morgan fingerprint density at radius 3 is 2.77 bits per heavy atom. The number of methoxy groups -OCH3 is 1. The molecule has 2 aliphatic heterocycles. The van der Waals surface area contributed by atoms with Gasteiger partial charge in [0, 0.05) is 51.1 Å². The first-order valence-corrected chi connectivity index (χ1v) is 8.78. The van der Waals surface area contributed by atoms with Crippen LogP contribution in [-0.4, -0.2) is 60.4 Å². The number of carbonyl (C=O) groups is 1. The molecule has 0 spiro atoms. The van der Waals surface area contributed by atoms with Gasteiger partial charge in [-0.2, -0.15) is 0 Å². The topological polar surface area (TPSA) is 77.9 Å². The van der Waals surface area contributed by atoms with Gasteiger partial charge in [0.1, 0.15) is 11.6 Å². The molecular weight excluding hydrogens is 336 g/mol. The van der Waals surface area contributed by atoms with E-state index in [9.17, 15) is 4.79 Å². The first-order valence-electron chi connectivity index (χ1n) is 8.78. The van der Waals surface area contributed by atoms with Crippen LogP contribution >= 0.6 is 0 Å². The molecule has 26 heavy (non-hydrogen) atoms. The number of hydrogen-bond donors (Lipinski definition) is 1. The number of benzene rings is 1. The fourth-order valence-electron chi connectivity index (χ4n) is 3.22. The highest BCUT2D eigenvalue weighted by atomic mass is 16.5. The molecule has 1 fully saturated rings. The van der Waals surface area contributed by atoms with Crippen molar-refractivity contribution in [2.45, 2.75) is 13.0 Å². The van der Waals surface area contributed by atoms with Gasteiger partial charge in [0.25, 0.3) is 0 Å². The molecule has 8 heteroatoms. The van der Waals surface area contributed by atoms with E-state index in [1.54, 1.807) is 18.2 Å². The van der Waals surface area contributed by atoms with Gasteiger partial charge in [0.15, 0.2) is 11.5 Å². The molecule has 0 atom stereocenters. The van der Waals surface area contributed by atoms with Crippen LogP contribution in [-0.2, 0) is 6.54 Å². The number of aromatic nitrogens is 2. The lowest BCUT2D eigenvalue weighted by atomic mass is 10.1. The third-order valence-corrected chi connectivity index (χ3v) is 4.58. The van der Waals surface area contributed by atoms with E-state index in [-0.39, 0.29) is 6.03 Å². The Bertz CT molecular complexity index is 804. The van der Waals surface area contributed by atoms with Gasteiger partial charge in [-0.25, -0.2) is 9.78 Å². The number of hydrogen-bond acceptors (Lipinski definition) is 5. The summed E-state index contributed by atoms with van der Waals surface area (Å²) in [6, 6.07) is 3.75. The molecule has 8 nitrogen and oxygen atoms in total. The highest BCUT2D eigenvalue weighted by molar-refractivity contribution is 5.76. The molecule has 2 aliphatic rings. The standard InChI is InChI=1S/C18H22N4O4/c1-24-14-12-16-15(25-9-2-10-26-16)11-13(14)17-19-3-5-21(17)7-8-22-6-4-20-18(22)23/h3,5,11-12H,2,4,6-10H2,1H3,(H,20,23). The van der Waals surface area contributed by atoms with Crippen LogP contribution in [0.4, 0.5) is 4.79 Å². The molecule has 138 valence electrons. The minimum atomic E-state index is -0.0141.